The Bertz CT molecular complexity index is 487. The van der Waals surface area contributed by atoms with Crippen LogP contribution in [-0.4, -0.2) is 41.5 Å². The number of aromatic nitrogens is 1. The van der Waals surface area contributed by atoms with E-state index < -0.39 is 6.04 Å². The number of likely N-dealkylation sites (tertiary alicyclic amines) is 1. The summed E-state index contributed by atoms with van der Waals surface area (Å²) >= 11 is 0. The van der Waals surface area contributed by atoms with Crippen molar-refractivity contribution >= 4 is 11.9 Å². The Hall–Kier alpha value is -1.91. The molecule has 19 heavy (non-hydrogen) atoms. The van der Waals surface area contributed by atoms with Crippen molar-refractivity contribution in [2.45, 2.75) is 32.2 Å². The number of carbonyl (C=O) groups excluding carboxylic acids is 2. The first-order valence-corrected chi connectivity index (χ1v) is 6.45. The SMILES string of the molecule is COC(=O)C1CCCCN1C(=O)c1ccnc(C)c1. The maximum absolute atomic E-state index is 12.5. The van der Waals surface area contributed by atoms with Crippen molar-refractivity contribution in [1.29, 1.82) is 0 Å². The number of pyridine rings is 1. The fourth-order valence-electron chi connectivity index (χ4n) is 2.40. The summed E-state index contributed by atoms with van der Waals surface area (Å²) in [6, 6.07) is 2.96. The van der Waals surface area contributed by atoms with E-state index in [0.717, 1.165) is 18.5 Å². The van der Waals surface area contributed by atoms with Crippen molar-refractivity contribution in [3.05, 3.63) is 29.6 Å². The fraction of sp³-hybridized carbons (Fsp3) is 0.500. The summed E-state index contributed by atoms with van der Waals surface area (Å²) in [7, 11) is 1.36. The zero-order valence-corrected chi connectivity index (χ0v) is 11.3. The molecule has 0 radical (unpaired) electrons. The number of rotatable bonds is 2. The number of nitrogens with zero attached hydrogens (tertiary/aromatic N) is 2. The van der Waals surface area contributed by atoms with E-state index in [1.807, 2.05) is 6.92 Å². The highest BCUT2D eigenvalue weighted by molar-refractivity contribution is 5.96. The third kappa shape index (κ3) is 2.92. The van der Waals surface area contributed by atoms with Crippen LogP contribution >= 0.6 is 0 Å². The predicted molar refractivity (Wildman–Crippen MR) is 69.7 cm³/mol. The zero-order valence-electron chi connectivity index (χ0n) is 11.3. The first-order valence-electron chi connectivity index (χ1n) is 6.45. The lowest BCUT2D eigenvalue weighted by molar-refractivity contribution is -0.147. The van der Waals surface area contributed by atoms with E-state index in [1.165, 1.54) is 7.11 Å². The smallest absolute Gasteiger partial charge is 0.328 e. The maximum atomic E-state index is 12.5. The molecule has 5 nitrogen and oxygen atoms in total. The summed E-state index contributed by atoms with van der Waals surface area (Å²) in [6.07, 6.45) is 4.14. The van der Waals surface area contributed by atoms with Crippen LogP contribution in [0.2, 0.25) is 0 Å². The van der Waals surface area contributed by atoms with E-state index in [2.05, 4.69) is 4.98 Å². The second-order valence-electron chi connectivity index (χ2n) is 4.72. The molecule has 1 atom stereocenters. The first-order chi connectivity index (χ1) is 9.13. The highest BCUT2D eigenvalue weighted by Crippen LogP contribution is 2.20. The Morgan fingerprint density at radius 2 is 2.21 bits per heavy atom. The van der Waals surface area contributed by atoms with Crippen LogP contribution in [0.25, 0.3) is 0 Å². The minimum Gasteiger partial charge on any atom is -0.467 e. The molecule has 0 saturated carbocycles. The number of hydrogen-bond acceptors (Lipinski definition) is 4. The van der Waals surface area contributed by atoms with E-state index in [9.17, 15) is 9.59 Å². The van der Waals surface area contributed by atoms with Crippen LogP contribution in [0, 0.1) is 6.92 Å². The standard InChI is InChI=1S/C14H18N2O3/c1-10-9-11(6-7-15-10)13(17)16-8-4-3-5-12(16)14(18)19-2/h6-7,9,12H,3-5,8H2,1-2H3. The van der Waals surface area contributed by atoms with Gasteiger partial charge in [0.1, 0.15) is 6.04 Å². The van der Waals surface area contributed by atoms with Gasteiger partial charge < -0.3 is 9.64 Å². The maximum Gasteiger partial charge on any atom is 0.328 e. The molecule has 1 saturated heterocycles. The predicted octanol–water partition coefficient (Wildman–Crippen LogP) is 1.56. The third-order valence-corrected chi connectivity index (χ3v) is 3.38. The second-order valence-corrected chi connectivity index (χ2v) is 4.72. The summed E-state index contributed by atoms with van der Waals surface area (Å²) < 4.78 is 4.78. The quantitative estimate of drug-likeness (QED) is 0.759. The van der Waals surface area contributed by atoms with Crippen LogP contribution in [0.15, 0.2) is 18.3 Å². The second kappa shape index (κ2) is 5.82. The minimum atomic E-state index is -0.459. The summed E-state index contributed by atoms with van der Waals surface area (Å²) in [5, 5.41) is 0. The lowest BCUT2D eigenvalue weighted by Gasteiger charge is -2.33. The number of hydrogen-bond donors (Lipinski definition) is 0. The lowest BCUT2D eigenvalue weighted by Crippen LogP contribution is -2.48. The molecule has 2 rings (SSSR count). The van der Waals surface area contributed by atoms with E-state index in [1.54, 1.807) is 23.2 Å². The summed E-state index contributed by atoms with van der Waals surface area (Å²) in [5.74, 6) is -0.459. The van der Waals surface area contributed by atoms with E-state index >= 15 is 0 Å². The van der Waals surface area contributed by atoms with Gasteiger partial charge in [-0.25, -0.2) is 4.79 Å². The van der Waals surface area contributed by atoms with Crippen molar-refractivity contribution in [3.63, 3.8) is 0 Å². The molecule has 1 unspecified atom stereocenters. The van der Waals surface area contributed by atoms with Crippen LogP contribution in [0.1, 0.15) is 35.3 Å². The van der Waals surface area contributed by atoms with Gasteiger partial charge in [-0.2, -0.15) is 0 Å². The van der Waals surface area contributed by atoms with Crippen molar-refractivity contribution in [2.75, 3.05) is 13.7 Å². The molecule has 0 spiro atoms. The van der Waals surface area contributed by atoms with Crippen molar-refractivity contribution in [3.8, 4) is 0 Å². The van der Waals surface area contributed by atoms with E-state index in [0.29, 0.717) is 18.5 Å². The molecule has 1 aliphatic rings. The van der Waals surface area contributed by atoms with Gasteiger partial charge in [-0.05, 0) is 38.3 Å². The first kappa shape index (κ1) is 13.5. The fourth-order valence-corrected chi connectivity index (χ4v) is 2.40. The van der Waals surface area contributed by atoms with Gasteiger partial charge in [0.25, 0.3) is 5.91 Å². The number of esters is 1. The molecule has 1 aromatic heterocycles. The van der Waals surface area contributed by atoms with Crippen molar-refractivity contribution in [1.82, 2.24) is 9.88 Å². The molecule has 1 aliphatic heterocycles. The molecule has 0 aromatic carbocycles. The van der Waals surface area contributed by atoms with Gasteiger partial charge in [0.15, 0.2) is 0 Å². The normalized spacial score (nSPS) is 19.1. The number of carbonyl (C=O) groups is 2. The molecular formula is C14H18N2O3. The summed E-state index contributed by atoms with van der Waals surface area (Å²) in [4.78, 5) is 29.9. The van der Waals surface area contributed by atoms with Crippen molar-refractivity contribution in [2.24, 2.45) is 0 Å². The number of amides is 1. The number of methoxy groups -OCH3 is 1. The lowest BCUT2D eigenvalue weighted by atomic mass is 10.0. The monoisotopic (exact) mass is 262 g/mol. The van der Waals surface area contributed by atoms with E-state index in [-0.39, 0.29) is 11.9 Å². The van der Waals surface area contributed by atoms with Crippen LogP contribution in [-0.2, 0) is 9.53 Å². The number of ether oxygens (including phenoxy) is 1. The van der Waals surface area contributed by atoms with Gasteiger partial charge >= 0.3 is 5.97 Å². The molecule has 0 aliphatic carbocycles. The Kier molecular flexibility index (Phi) is 4.14. The van der Waals surface area contributed by atoms with Gasteiger partial charge in [0.05, 0.1) is 7.11 Å². The molecule has 1 fully saturated rings. The van der Waals surface area contributed by atoms with Gasteiger partial charge in [0, 0.05) is 24.0 Å². The number of aryl methyl sites for hydroxylation is 1. The third-order valence-electron chi connectivity index (χ3n) is 3.38. The topological polar surface area (TPSA) is 59.5 Å². The Labute approximate surface area is 112 Å². The Morgan fingerprint density at radius 1 is 1.42 bits per heavy atom. The van der Waals surface area contributed by atoms with Gasteiger partial charge in [-0.3, -0.25) is 9.78 Å². The largest absolute Gasteiger partial charge is 0.467 e. The highest BCUT2D eigenvalue weighted by Gasteiger charge is 2.33. The Morgan fingerprint density at radius 3 is 2.89 bits per heavy atom. The molecule has 0 bridgehead atoms. The van der Waals surface area contributed by atoms with E-state index in [4.69, 9.17) is 4.74 Å². The molecule has 0 N–H and O–H groups in total. The van der Waals surface area contributed by atoms with Crippen LogP contribution in [0.5, 0.6) is 0 Å². The average molecular weight is 262 g/mol. The van der Waals surface area contributed by atoms with Crippen molar-refractivity contribution < 1.29 is 14.3 Å². The molecule has 2 heterocycles. The minimum absolute atomic E-state index is 0.124. The number of piperidine rings is 1. The molecule has 1 aromatic rings. The van der Waals surface area contributed by atoms with Crippen LogP contribution < -0.4 is 0 Å². The van der Waals surface area contributed by atoms with Gasteiger partial charge in [0.2, 0.25) is 0 Å². The summed E-state index contributed by atoms with van der Waals surface area (Å²) in [5.41, 5.74) is 1.36. The highest BCUT2D eigenvalue weighted by atomic mass is 16.5. The summed E-state index contributed by atoms with van der Waals surface area (Å²) in [6.45, 7) is 2.44. The molecule has 5 heteroatoms. The molecular weight excluding hydrogens is 244 g/mol. The van der Waals surface area contributed by atoms with Gasteiger partial charge in [-0.15, -0.1) is 0 Å². The van der Waals surface area contributed by atoms with Crippen LogP contribution in [0.4, 0.5) is 0 Å². The average Bonchev–Trinajstić information content (AvgIpc) is 2.45. The molecule has 102 valence electrons. The Balaban J connectivity index is 2.22. The zero-order chi connectivity index (χ0) is 13.8. The van der Waals surface area contributed by atoms with Crippen LogP contribution in [0.3, 0.4) is 0 Å². The van der Waals surface area contributed by atoms with Gasteiger partial charge in [-0.1, -0.05) is 0 Å². The molecule has 1 amide bonds.